The first-order valence-electron chi connectivity index (χ1n) is 7.47. The molecule has 0 aliphatic carbocycles. The molecule has 2 aromatic rings. The molecule has 1 aromatic carbocycles. The zero-order chi connectivity index (χ0) is 15.9. The molecule has 5 nitrogen and oxygen atoms in total. The fraction of sp³-hybridized carbons (Fsp3) is 0.471. The standard InChI is InChI=1S/C17H22N2O3/c1-11-16(17(20)22-4)14-7-12-9-19(5-6-21-3)10-13(12)8-15(14)18(11)2/h7-8H,5-6,9-10H2,1-4H3. The van der Waals surface area contributed by atoms with Crippen molar-refractivity contribution in [3.63, 3.8) is 0 Å². The quantitative estimate of drug-likeness (QED) is 0.813. The van der Waals surface area contributed by atoms with Crippen LogP contribution in [0.1, 0.15) is 27.2 Å². The molecule has 0 N–H and O–H groups in total. The number of hydrogen-bond acceptors (Lipinski definition) is 4. The molecule has 1 aliphatic rings. The van der Waals surface area contributed by atoms with E-state index in [0.717, 1.165) is 42.8 Å². The summed E-state index contributed by atoms with van der Waals surface area (Å²) in [6.45, 7) is 5.46. The number of carbonyl (C=O) groups is 1. The molecule has 118 valence electrons. The van der Waals surface area contributed by atoms with Gasteiger partial charge in [0.15, 0.2) is 0 Å². The zero-order valence-corrected chi connectivity index (χ0v) is 13.6. The SMILES string of the molecule is COCCN1Cc2cc3c(C(=O)OC)c(C)n(C)c3cc2C1. The lowest BCUT2D eigenvalue weighted by atomic mass is 10.0. The summed E-state index contributed by atoms with van der Waals surface area (Å²) in [6, 6.07) is 4.35. The average molecular weight is 302 g/mol. The molecule has 22 heavy (non-hydrogen) atoms. The number of benzene rings is 1. The molecule has 5 heteroatoms. The third-order valence-electron chi connectivity index (χ3n) is 4.60. The second-order valence-electron chi connectivity index (χ2n) is 5.85. The second kappa shape index (κ2) is 5.74. The molecule has 0 amide bonds. The first kappa shape index (κ1) is 15.1. The van der Waals surface area contributed by atoms with Gasteiger partial charge in [0.25, 0.3) is 0 Å². The Balaban J connectivity index is 2.05. The van der Waals surface area contributed by atoms with Crippen LogP contribution in [0.15, 0.2) is 12.1 Å². The summed E-state index contributed by atoms with van der Waals surface area (Å²) in [5, 5.41) is 0.985. The predicted octanol–water partition coefficient (Wildman–Crippen LogP) is 2.24. The van der Waals surface area contributed by atoms with Crippen LogP contribution in [0.25, 0.3) is 10.9 Å². The lowest BCUT2D eigenvalue weighted by Gasteiger charge is -2.13. The Labute approximate surface area is 130 Å². The summed E-state index contributed by atoms with van der Waals surface area (Å²) < 4.78 is 12.2. The van der Waals surface area contributed by atoms with Crippen molar-refractivity contribution >= 4 is 16.9 Å². The Morgan fingerprint density at radius 1 is 1.23 bits per heavy atom. The summed E-state index contributed by atoms with van der Waals surface area (Å²) in [6.07, 6.45) is 0. The fourth-order valence-electron chi connectivity index (χ4n) is 3.27. The van der Waals surface area contributed by atoms with Gasteiger partial charge >= 0.3 is 5.97 Å². The van der Waals surface area contributed by atoms with Gasteiger partial charge in [0.2, 0.25) is 0 Å². The van der Waals surface area contributed by atoms with E-state index in [0.29, 0.717) is 5.56 Å². The molecule has 0 fully saturated rings. The molecule has 3 rings (SSSR count). The number of ether oxygens (including phenoxy) is 2. The highest BCUT2D eigenvalue weighted by atomic mass is 16.5. The normalized spacial score (nSPS) is 14.5. The van der Waals surface area contributed by atoms with Gasteiger partial charge in [-0.1, -0.05) is 0 Å². The minimum absolute atomic E-state index is 0.266. The van der Waals surface area contributed by atoms with Crippen molar-refractivity contribution in [2.24, 2.45) is 7.05 Å². The van der Waals surface area contributed by atoms with Crippen LogP contribution in [-0.2, 0) is 29.6 Å². The van der Waals surface area contributed by atoms with Gasteiger partial charge in [-0.2, -0.15) is 0 Å². The molecule has 0 atom stereocenters. The summed E-state index contributed by atoms with van der Waals surface area (Å²) in [5.41, 5.74) is 5.34. The van der Waals surface area contributed by atoms with E-state index < -0.39 is 0 Å². The maximum Gasteiger partial charge on any atom is 0.340 e. The maximum atomic E-state index is 12.1. The Kier molecular flexibility index (Phi) is 3.93. The van der Waals surface area contributed by atoms with Crippen molar-refractivity contribution in [3.8, 4) is 0 Å². The van der Waals surface area contributed by atoms with Gasteiger partial charge in [-0.3, -0.25) is 4.90 Å². The van der Waals surface area contributed by atoms with E-state index in [2.05, 4.69) is 21.6 Å². The summed E-state index contributed by atoms with van der Waals surface area (Å²) >= 11 is 0. The largest absolute Gasteiger partial charge is 0.465 e. The van der Waals surface area contributed by atoms with Crippen molar-refractivity contribution in [2.75, 3.05) is 27.4 Å². The Morgan fingerprint density at radius 3 is 2.55 bits per heavy atom. The molecule has 0 spiro atoms. The van der Waals surface area contributed by atoms with Gasteiger partial charge in [-0.05, 0) is 30.2 Å². The van der Waals surface area contributed by atoms with Gasteiger partial charge in [0.1, 0.15) is 0 Å². The molecular weight excluding hydrogens is 280 g/mol. The first-order chi connectivity index (χ1) is 10.6. The van der Waals surface area contributed by atoms with Crippen LogP contribution in [0.3, 0.4) is 0 Å². The van der Waals surface area contributed by atoms with Crippen LogP contribution in [0, 0.1) is 6.92 Å². The molecule has 0 bridgehead atoms. The van der Waals surface area contributed by atoms with Gasteiger partial charge in [-0.15, -0.1) is 0 Å². The molecular formula is C17H22N2O3. The van der Waals surface area contributed by atoms with Crippen LogP contribution in [0.2, 0.25) is 0 Å². The van der Waals surface area contributed by atoms with E-state index in [-0.39, 0.29) is 5.97 Å². The van der Waals surface area contributed by atoms with Crippen molar-refractivity contribution in [1.29, 1.82) is 0 Å². The lowest BCUT2D eigenvalue weighted by Crippen LogP contribution is -2.21. The monoisotopic (exact) mass is 302 g/mol. The number of methoxy groups -OCH3 is 2. The smallest absolute Gasteiger partial charge is 0.340 e. The van der Waals surface area contributed by atoms with E-state index >= 15 is 0 Å². The Bertz CT molecular complexity index is 733. The van der Waals surface area contributed by atoms with E-state index in [1.54, 1.807) is 7.11 Å². The first-order valence-corrected chi connectivity index (χ1v) is 7.47. The topological polar surface area (TPSA) is 43.7 Å². The molecule has 0 radical (unpaired) electrons. The number of carbonyl (C=O) groups excluding carboxylic acids is 1. The van der Waals surface area contributed by atoms with Crippen LogP contribution in [0.4, 0.5) is 0 Å². The molecule has 2 heterocycles. The molecule has 0 saturated heterocycles. The van der Waals surface area contributed by atoms with Gasteiger partial charge in [0, 0.05) is 50.4 Å². The highest BCUT2D eigenvalue weighted by Gasteiger charge is 2.24. The minimum atomic E-state index is -0.266. The minimum Gasteiger partial charge on any atom is -0.465 e. The van der Waals surface area contributed by atoms with Crippen LogP contribution in [0.5, 0.6) is 0 Å². The number of nitrogens with zero attached hydrogens (tertiary/aromatic N) is 2. The Morgan fingerprint density at radius 2 is 1.91 bits per heavy atom. The zero-order valence-electron chi connectivity index (χ0n) is 13.6. The molecule has 1 aliphatic heterocycles. The highest BCUT2D eigenvalue weighted by molar-refractivity contribution is 6.06. The van der Waals surface area contributed by atoms with E-state index in [1.807, 2.05) is 14.0 Å². The van der Waals surface area contributed by atoms with E-state index in [1.165, 1.54) is 18.2 Å². The molecule has 0 unspecified atom stereocenters. The van der Waals surface area contributed by atoms with Crippen LogP contribution in [-0.4, -0.2) is 42.8 Å². The van der Waals surface area contributed by atoms with Crippen molar-refractivity contribution in [3.05, 3.63) is 34.5 Å². The summed E-state index contributed by atoms with van der Waals surface area (Å²) in [7, 11) is 5.15. The Hall–Kier alpha value is -1.85. The number of rotatable bonds is 4. The van der Waals surface area contributed by atoms with Crippen molar-refractivity contribution < 1.29 is 14.3 Å². The number of esters is 1. The molecule has 0 saturated carbocycles. The highest BCUT2D eigenvalue weighted by Crippen LogP contribution is 2.32. The lowest BCUT2D eigenvalue weighted by molar-refractivity contribution is 0.0602. The van der Waals surface area contributed by atoms with Crippen LogP contribution >= 0.6 is 0 Å². The van der Waals surface area contributed by atoms with E-state index in [9.17, 15) is 4.79 Å². The maximum absolute atomic E-state index is 12.1. The average Bonchev–Trinajstić information content (AvgIpc) is 3.02. The summed E-state index contributed by atoms with van der Waals surface area (Å²) in [5.74, 6) is -0.266. The van der Waals surface area contributed by atoms with Crippen molar-refractivity contribution in [2.45, 2.75) is 20.0 Å². The summed E-state index contributed by atoms with van der Waals surface area (Å²) in [4.78, 5) is 14.5. The third-order valence-corrected chi connectivity index (χ3v) is 4.60. The second-order valence-corrected chi connectivity index (χ2v) is 5.85. The van der Waals surface area contributed by atoms with Crippen molar-refractivity contribution in [1.82, 2.24) is 9.47 Å². The number of aromatic nitrogens is 1. The predicted molar refractivity (Wildman–Crippen MR) is 85.0 cm³/mol. The van der Waals surface area contributed by atoms with Gasteiger partial charge in [0.05, 0.1) is 19.3 Å². The number of fused-ring (bicyclic) bond motifs is 2. The van der Waals surface area contributed by atoms with E-state index in [4.69, 9.17) is 9.47 Å². The third kappa shape index (κ3) is 2.30. The number of aryl methyl sites for hydroxylation is 1. The van der Waals surface area contributed by atoms with Gasteiger partial charge < -0.3 is 14.0 Å². The fourth-order valence-corrected chi connectivity index (χ4v) is 3.27. The van der Waals surface area contributed by atoms with Crippen LogP contribution < -0.4 is 0 Å². The molecule has 1 aromatic heterocycles. The van der Waals surface area contributed by atoms with Gasteiger partial charge in [-0.25, -0.2) is 4.79 Å². The number of hydrogen-bond donors (Lipinski definition) is 0.